The molecule has 1 rings (SSSR count). The standard InChI is InChI=1S/C14H20N2O4S/c1-4-10(17)16-14-12(8(2)9(3)21-14)13(20)15-7-5-6-11(18)19/h4-7H2,1-3H3,(H,15,20)(H,16,17)(H,18,19). The van der Waals surface area contributed by atoms with Crippen molar-refractivity contribution in [2.45, 2.75) is 40.0 Å². The largest absolute Gasteiger partial charge is 0.481 e. The van der Waals surface area contributed by atoms with Crippen LogP contribution in [0.1, 0.15) is 47.0 Å². The topological polar surface area (TPSA) is 95.5 Å². The summed E-state index contributed by atoms with van der Waals surface area (Å²) < 4.78 is 0. The van der Waals surface area contributed by atoms with E-state index in [0.29, 0.717) is 30.0 Å². The van der Waals surface area contributed by atoms with E-state index < -0.39 is 5.97 Å². The maximum atomic E-state index is 12.2. The second kappa shape index (κ2) is 7.78. The van der Waals surface area contributed by atoms with E-state index in [0.717, 1.165) is 10.4 Å². The number of anilines is 1. The van der Waals surface area contributed by atoms with Gasteiger partial charge in [0.2, 0.25) is 5.91 Å². The number of carboxylic acid groups (broad SMARTS) is 1. The zero-order chi connectivity index (χ0) is 16.0. The zero-order valence-corrected chi connectivity index (χ0v) is 13.2. The fourth-order valence-corrected chi connectivity index (χ4v) is 2.81. The Kier molecular flexibility index (Phi) is 6.36. The Morgan fingerprint density at radius 2 is 1.90 bits per heavy atom. The molecule has 0 aliphatic heterocycles. The first-order valence-corrected chi connectivity index (χ1v) is 7.58. The second-order valence-corrected chi connectivity index (χ2v) is 5.87. The molecular weight excluding hydrogens is 292 g/mol. The molecule has 0 aromatic carbocycles. The smallest absolute Gasteiger partial charge is 0.303 e. The van der Waals surface area contributed by atoms with E-state index in [1.807, 2.05) is 13.8 Å². The monoisotopic (exact) mass is 312 g/mol. The maximum Gasteiger partial charge on any atom is 0.303 e. The Morgan fingerprint density at radius 3 is 2.48 bits per heavy atom. The van der Waals surface area contributed by atoms with E-state index in [-0.39, 0.29) is 18.2 Å². The molecule has 2 amide bonds. The van der Waals surface area contributed by atoms with Crippen LogP contribution in [0.15, 0.2) is 0 Å². The molecule has 21 heavy (non-hydrogen) atoms. The van der Waals surface area contributed by atoms with Gasteiger partial charge in [-0.25, -0.2) is 0 Å². The van der Waals surface area contributed by atoms with Gasteiger partial charge in [-0.1, -0.05) is 6.92 Å². The molecule has 0 fully saturated rings. The number of carboxylic acids is 1. The van der Waals surface area contributed by atoms with Gasteiger partial charge in [0, 0.05) is 24.3 Å². The summed E-state index contributed by atoms with van der Waals surface area (Å²) in [7, 11) is 0. The molecule has 6 nitrogen and oxygen atoms in total. The highest BCUT2D eigenvalue weighted by atomic mass is 32.1. The van der Waals surface area contributed by atoms with E-state index in [9.17, 15) is 14.4 Å². The van der Waals surface area contributed by atoms with Gasteiger partial charge in [-0.05, 0) is 25.8 Å². The predicted octanol–water partition coefficient (Wildman–Crippen LogP) is 2.31. The van der Waals surface area contributed by atoms with Crippen LogP contribution >= 0.6 is 11.3 Å². The van der Waals surface area contributed by atoms with Crippen molar-refractivity contribution in [1.29, 1.82) is 0 Å². The van der Waals surface area contributed by atoms with Crippen molar-refractivity contribution < 1.29 is 19.5 Å². The Balaban J connectivity index is 2.77. The summed E-state index contributed by atoms with van der Waals surface area (Å²) in [5.74, 6) is -1.31. The molecule has 0 aliphatic rings. The van der Waals surface area contributed by atoms with Gasteiger partial charge in [0.1, 0.15) is 5.00 Å². The van der Waals surface area contributed by atoms with Crippen LogP contribution < -0.4 is 10.6 Å². The van der Waals surface area contributed by atoms with Gasteiger partial charge in [0.25, 0.3) is 5.91 Å². The Morgan fingerprint density at radius 1 is 1.24 bits per heavy atom. The molecule has 0 atom stereocenters. The molecule has 0 saturated heterocycles. The first kappa shape index (κ1) is 17.2. The van der Waals surface area contributed by atoms with Crippen molar-refractivity contribution in [2.75, 3.05) is 11.9 Å². The SMILES string of the molecule is CCC(=O)Nc1sc(C)c(C)c1C(=O)NCCCC(=O)O. The molecule has 0 spiro atoms. The van der Waals surface area contributed by atoms with Crippen molar-refractivity contribution in [3.05, 3.63) is 16.0 Å². The summed E-state index contributed by atoms with van der Waals surface area (Å²) in [5.41, 5.74) is 1.30. The molecule has 0 saturated carbocycles. The van der Waals surface area contributed by atoms with Crippen LogP contribution in [-0.2, 0) is 9.59 Å². The molecule has 3 N–H and O–H groups in total. The number of amides is 2. The highest BCUT2D eigenvalue weighted by Crippen LogP contribution is 2.32. The fraction of sp³-hybridized carbons (Fsp3) is 0.500. The number of aliphatic carboxylic acids is 1. The number of hydrogen-bond acceptors (Lipinski definition) is 4. The summed E-state index contributed by atoms with van der Waals surface area (Å²) in [6.07, 6.45) is 0.733. The lowest BCUT2D eigenvalue weighted by Crippen LogP contribution is -2.26. The summed E-state index contributed by atoms with van der Waals surface area (Å²) >= 11 is 1.37. The summed E-state index contributed by atoms with van der Waals surface area (Å²) in [6.45, 7) is 5.76. The van der Waals surface area contributed by atoms with Crippen molar-refractivity contribution in [2.24, 2.45) is 0 Å². The lowest BCUT2D eigenvalue weighted by molar-refractivity contribution is -0.137. The van der Waals surface area contributed by atoms with E-state index in [1.54, 1.807) is 6.92 Å². The van der Waals surface area contributed by atoms with Crippen molar-refractivity contribution in [3.8, 4) is 0 Å². The molecule has 1 aromatic heterocycles. The zero-order valence-electron chi connectivity index (χ0n) is 12.4. The van der Waals surface area contributed by atoms with Gasteiger partial charge in [-0.15, -0.1) is 11.3 Å². The molecule has 116 valence electrons. The first-order chi connectivity index (χ1) is 9.86. The molecule has 1 aromatic rings. The average molecular weight is 312 g/mol. The minimum absolute atomic E-state index is 0.0152. The predicted molar refractivity (Wildman–Crippen MR) is 81.9 cm³/mol. The average Bonchev–Trinajstić information content (AvgIpc) is 2.69. The molecule has 0 aliphatic carbocycles. The van der Waals surface area contributed by atoms with Crippen LogP contribution in [0, 0.1) is 13.8 Å². The van der Waals surface area contributed by atoms with Crippen molar-refractivity contribution in [3.63, 3.8) is 0 Å². The molecule has 7 heteroatoms. The van der Waals surface area contributed by atoms with Crippen LogP contribution in [0.5, 0.6) is 0 Å². The third-order valence-electron chi connectivity index (χ3n) is 3.04. The first-order valence-electron chi connectivity index (χ1n) is 6.76. The van der Waals surface area contributed by atoms with E-state index in [4.69, 9.17) is 5.11 Å². The van der Waals surface area contributed by atoms with Crippen LogP contribution in [0.4, 0.5) is 5.00 Å². The normalized spacial score (nSPS) is 10.2. The highest BCUT2D eigenvalue weighted by molar-refractivity contribution is 7.16. The lowest BCUT2D eigenvalue weighted by atomic mass is 10.1. The van der Waals surface area contributed by atoms with Crippen LogP contribution in [0.3, 0.4) is 0 Å². The number of rotatable bonds is 7. The minimum atomic E-state index is -0.886. The van der Waals surface area contributed by atoms with Crippen LogP contribution in [0.25, 0.3) is 0 Å². The van der Waals surface area contributed by atoms with Crippen molar-refractivity contribution in [1.82, 2.24) is 5.32 Å². The van der Waals surface area contributed by atoms with Crippen LogP contribution in [0.2, 0.25) is 0 Å². The van der Waals surface area contributed by atoms with Crippen LogP contribution in [-0.4, -0.2) is 29.4 Å². The van der Waals surface area contributed by atoms with Gasteiger partial charge in [0.15, 0.2) is 0 Å². The lowest BCUT2D eigenvalue weighted by Gasteiger charge is -2.08. The van der Waals surface area contributed by atoms with Gasteiger partial charge in [-0.3, -0.25) is 14.4 Å². The highest BCUT2D eigenvalue weighted by Gasteiger charge is 2.20. The summed E-state index contributed by atoms with van der Waals surface area (Å²) in [5, 5.41) is 14.5. The third-order valence-corrected chi connectivity index (χ3v) is 4.16. The molecule has 1 heterocycles. The van der Waals surface area contributed by atoms with Gasteiger partial charge < -0.3 is 15.7 Å². The maximum absolute atomic E-state index is 12.2. The Hall–Kier alpha value is -1.89. The molecule has 0 unspecified atom stereocenters. The molecule has 0 bridgehead atoms. The third kappa shape index (κ3) is 4.86. The fourth-order valence-electron chi connectivity index (χ4n) is 1.73. The van der Waals surface area contributed by atoms with Gasteiger partial charge in [-0.2, -0.15) is 0 Å². The van der Waals surface area contributed by atoms with E-state index in [1.165, 1.54) is 11.3 Å². The second-order valence-electron chi connectivity index (χ2n) is 4.64. The minimum Gasteiger partial charge on any atom is -0.481 e. The number of hydrogen-bond donors (Lipinski definition) is 3. The van der Waals surface area contributed by atoms with Crippen molar-refractivity contribution >= 4 is 34.1 Å². The molecular formula is C14H20N2O4S. The number of thiophene rings is 1. The quantitative estimate of drug-likeness (QED) is 0.673. The summed E-state index contributed by atoms with van der Waals surface area (Å²) in [6, 6.07) is 0. The van der Waals surface area contributed by atoms with E-state index >= 15 is 0 Å². The van der Waals surface area contributed by atoms with E-state index in [2.05, 4.69) is 10.6 Å². The van der Waals surface area contributed by atoms with Gasteiger partial charge in [0.05, 0.1) is 5.56 Å². The Labute approximate surface area is 127 Å². The number of carbonyl (C=O) groups excluding carboxylic acids is 2. The van der Waals surface area contributed by atoms with Gasteiger partial charge >= 0.3 is 5.97 Å². The number of nitrogens with one attached hydrogen (secondary N) is 2. The number of carbonyl (C=O) groups is 3. The Bertz CT molecular complexity index is 551. The summed E-state index contributed by atoms with van der Waals surface area (Å²) in [4.78, 5) is 35.1. The molecule has 0 radical (unpaired) electrons. The number of aryl methyl sites for hydroxylation is 1.